The Bertz CT molecular complexity index is 1070. The third-order valence-corrected chi connectivity index (χ3v) is 4.69. The number of aromatic nitrogens is 2. The molecular weight excluding hydrogens is 442 g/mol. The molecule has 1 aromatic heterocycles. The fourth-order valence-corrected chi connectivity index (χ4v) is 2.99. The number of aliphatic hydroxyl groups is 1. The van der Waals surface area contributed by atoms with Crippen LogP contribution in [0.5, 0.6) is 5.75 Å². The van der Waals surface area contributed by atoms with E-state index < -0.39 is 0 Å². The molecule has 10 heteroatoms. The molecule has 0 aliphatic carbocycles. The smallest absolute Gasteiger partial charge is 0.291 e. The number of hydrogen-bond donors (Lipinski definition) is 3. The largest absolute Gasteiger partial charge is 0.491 e. The normalized spacial score (nSPS) is 11.0. The quantitative estimate of drug-likeness (QED) is 0.227. The van der Waals surface area contributed by atoms with E-state index >= 15 is 0 Å². The van der Waals surface area contributed by atoms with Gasteiger partial charge in [0.15, 0.2) is 11.6 Å². The van der Waals surface area contributed by atoms with Crippen molar-refractivity contribution in [1.29, 1.82) is 0 Å². The summed E-state index contributed by atoms with van der Waals surface area (Å²) in [6.45, 7) is 4.42. The van der Waals surface area contributed by atoms with Crippen LogP contribution in [0.4, 0.5) is 5.69 Å². The molecule has 0 fully saturated rings. The van der Waals surface area contributed by atoms with Crippen molar-refractivity contribution >= 4 is 28.4 Å². The number of nitrogens with one attached hydrogen (secondary N) is 2. The lowest BCUT2D eigenvalue weighted by molar-refractivity contribution is 0.00361. The number of H-pyrrole nitrogens is 1. The van der Waals surface area contributed by atoms with Gasteiger partial charge >= 0.3 is 0 Å². The molecule has 2 aromatic carbocycles. The third kappa shape index (κ3) is 7.92. The molecular formula is C24H29N3O7. The van der Waals surface area contributed by atoms with Crippen molar-refractivity contribution in [3.8, 4) is 5.75 Å². The number of rotatable bonds is 15. The Morgan fingerprint density at radius 3 is 2.21 bits per heavy atom. The van der Waals surface area contributed by atoms with Crippen LogP contribution in [0.25, 0.3) is 11.0 Å². The molecule has 3 N–H and O–H groups in total. The lowest BCUT2D eigenvalue weighted by atomic mass is 10.1. The topological polar surface area (TPSA) is 132 Å². The first-order chi connectivity index (χ1) is 16.6. The fraction of sp³-hybridized carbons (Fsp3) is 0.375. The molecule has 1 heterocycles. The molecule has 0 saturated carbocycles. The molecule has 0 saturated heterocycles. The predicted octanol–water partition coefficient (Wildman–Crippen LogP) is 2.44. The number of carbonyl (C=O) groups excluding carboxylic acids is 2. The van der Waals surface area contributed by atoms with E-state index in [1.54, 1.807) is 42.5 Å². The number of benzene rings is 2. The summed E-state index contributed by atoms with van der Waals surface area (Å²) in [6.07, 6.45) is 0. The first-order valence-corrected chi connectivity index (χ1v) is 11.0. The summed E-state index contributed by atoms with van der Waals surface area (Å²) >= 11 is 0. The summed E-state index contributed by atoms with van der Waals surface area (Å²) in [6, 6.07) is 12.0. The third-order valence-electron chi connectivity index (χ3n) is 4.69. The second kappa shape index (κ2) is 13.4. The van der Waals surface area contributed by atoms with E-state index in [4.69, 9.17) is 24.1 Å². The highest BCUT2D eigenvalue weighted by Gasteiger charge is 2.13. The number of Topliss-reactive ketones (excluding diaryl/α,β-unsaturated/α-hetero) is 1. The molecule has 0 bridgehead atoms. The molecule has 10 nitrogen and oxygen atoms in total. The maximum atomic E-state index is 12.5. The standard InChI is InChI=1S/C24H29N3O7/c1-17(29)18-2-7-21-22(16-18)27-23(26-21)24(30)25-19-3-5-20(6-4-19)34-15-14-33-13-12-32-11-10-31-9-8-28/h2-7,16,28H,8-15H2,1H3,(H,25,30)(H,26,27). The van der Waals surface area contributed by atoms with Crippen LogP contribution in [0.1, 0.15) is 27.9 Å². The number of imidazole rings is 1. The summed E-state index contributed by atoms with van der Waals surface area (Å²) in [5.74, 6) is 0.376. The number of carbonyl (C=O) groups is 2. The van der Waals surface area contributed by atoms with E-state index in [9.17, 15) is 9.59 Å². The minimum atomic E-state index is -0.384. The Kier molecular flexibility index (Phi) is 9.98. The molecule has 0 spiro atoms. The molecule has 3 rings (SSSR count). The highest BCUT2D eigenvalue weighted by Crippen LogP contribution is 2.18. The minimum absolute atomic E-state index is 0.00756. The number of anilines is 1. The number of ketones is 1. The van der Waals surface area contributed by atoms with Crippen molar-refractivity contribution in [3.05, 3.63) is 53.9 Å². The molecule has 0 aliphatic rings. The number of amides is 1. The van der Waals surface area contributed by atoms with Crippen molar-refractivity contribution < 1.29 is 33.6 Å². The van der Waals surface area contributed by atoms with Crippen LogP contribution in [0, 0.1) is 0 Å². The van der Waals surface area contributed by atoms with E-state index in [-0.39, 0.29) is 24.1 Å². The van der Waals surface area contributed by atoms with Crippen LogP contribution in [-0.4, -0.2) is 79.6 Å². The summed E-state index contributed by atoms with van der Waals surface area (Å²) in [5, 5.41) is 11.4. The Hall–Kier alpha value is -3.31. The van der Waals surface area contributed by atoms with Gasteiger partial charge in [-0.05, 0) is 49.4 Å². The molecule has 0 unspecified atom stereocenters. The zero-order valence-electron chi connectivity index (χ0n) is 19.0. The lowest BCUT2D eigenvalue weighted by Crippen LogP contribution is -2.14. The second-order valence-corrected chi connectivity index (χ2v) is 7.26. The van der Waals surface area contributed by atoms with Crippen molar-refractivity contribution in [2.24, 2.45) is 0 Å². The first kappa shape index (κ1) is 25.3. The van der Waals surface area contributed by atoms with Crippen LogP contribution in [0.3, 0.4) is 0 Å². The first-order valence-electron chi connectivity index (χ1n) is 11.0. The van der Waals surface area contributed by atoms with Crippen molar-refractivity contribution in [2.75, 3.05) is 58.2 Å². The number of hydrogen-bond acceptors (Lipinski definition) is 8. The van der Waals surface area contributed by atoms with Gasteiger partial charge in [0.1, 0.15) is 12.4 Å². The van der Waals surface area contributed by atoms with Gasteiger partial charge < -0.3 is 34.4 Å². The maximum Gasteiger partial charge on any atom is 0.291 e. The number of aromatic amines is 1. The Labute approximate surface area is 197 Å². The molecule has 0 atom stereocenters. The highest BCUT2D eigenvalue weighted by molar-refractivity contribution is 6.04. The van der Waals surface area contributed by atoms with E-state index in [0.717, 1.165) is 0 Å². The summed E-state index contributed by atoms with van der Waals surface area (Å²) in [4.78, 5) is 31.3. The number of fused-ring (bicyclic) bond motifs is 1. The molecule has 34 heavy (non-hydrogen) atoms. The molecule has 1 amide bonds. The van der Waals surface area contributed by atoms with E-state index in [1.807, 2.05) is 0 Å². The molecule has 182 valence electrons. The highest BCUT2D eigenvalue weighted by atomic mass is 16.6. The van der Waals surface area contributed by atoms with Crippen LogP contribution in [-0.2, 0) is 14.2 Å². The Balaban J connectivity index is 1.35. The second-order valence-electron chi connectivity index (χ2n) is 7.26. The number of nitrogens with zero attached hydrogens (tertiary/aromatic N) is 1. The zero-order valence-corrected chi connectivity index (χ0v) is 19.0. The van der Waals surface area contributed by atoms with E-state index in [1.165, 1.54) is 6.92 Å². The van der Waals surface area contributed by atoms with Gasteiger partial charge in [-0.25, -0.2) is 4.98 Å². The van der Waals surface area contributed by atoms with Gasteiger partial charge in [0.2, 0.25) is 0 Å². The SMILES string of the molecule is CC(=O)c1ccc2nc(C(=O)Nc3ccc(OCCOCCOCCOCCO)cc3)[nH]c2c1. The molecule has 0 aliphatic heterocycles. The monoisotopic (exact) mass is 471 g/mol. The maximum absolute atomic E-state index is 12.5. The number of ether oxygens (including phenoxy) is 4. The van der Waals surface area contributed by atoms with Gasteiger partial charge in [-0.1, -0.05) is 0 Å². The summed E-state index contributed by atoms with van der Waals surface area (Å²) < 4.78 is 21.5. The zero-order chi connectivity index (χ0) is 24.2. The van der Waals surface area contributed by atoms with Crippen LogP contribution in [0.2, 0.25) is 0 Å². The fourth-order valence-electron chi connectivity index (χ4n) is 2.99. The van der Waals surface area contributed by atoms with Crippen molar-refractivity contribution in [1.82, 2.24) is 9.97 Å². The van der Waals surface area contributed by atoms with Gasteiger partial charge in [-0.2, -0.15) is 0 Å². The van der Waals surface area contributed by atoms with Crippen molar-refractivity contribution in [2.45, 2.75) is 6.92 Å². The number of aliphatic hydroxyl groups excluding tert-OH is 1. The minimum Gasteiger partial charge on any atom is -0.491 e. The van der Waals surface area contributed by atoms with Crippen molar-refractivity contribution in [3.63, 3.8) is 0 Å². The summed E-state index contributed by atoms with van der Waals surface area (Å²) in [7, 11) is 0. The van der Waals surface area contributed by atoms with Gasteiger partial charge in [0, 0.05) is 11.3 Å². The average molecular weight is 472 g/mol. The molecule has 0 radical (unpaired) electrons. The average Bonchev–Trinajstić information content (AvgIpc) is 3.27. The van der Waals surface area contributed by atoms with Gasteiger partial charge in [0.25, 0.3) is 5.91 Å². The van der Waals surface area contributed by atoms with Gasteiger partial charge in [-0.3, -0.25) is 9.59 Å². The van der Waals surface area contributed by atoms with Gasteiger partial charge in [-0.15, -0.1) is 0 Å². The predicted molar refractivity (Wildman–Crippen MR) is 126 cm³/mol. The lowest BCUT2D eigenvalue weighted by Gasteiger charge is -2.09. The van der Waals surface area contributed by atoms with Crippen LogP contribution in [0.15, 0.2) is 42.5 Å². The van der Waals surface area contributed by atoms with E-state index in [0.29, 0.717) is 74.3 Å². The van der Waals surface area contributed by atoms with Gasteiger partial charge in [0.05, 0.1) is 57.3 Å². The van der Waals surface area contributed by atoms with E-state index in [2.05, 4.69) is 15.3 Å². The summed E-state index contributed by atoms with van der Waals surface area (Å²) in [5.41, 5.74) is 2.39. The van der Waals surface area contributed by atoms with Crippen LogP contribution < -0.4 is 10.1 Å². The molecule has 3 aromatic rings. The van der Waals surface area contributed by atoms with Crippen LogP contribution >= 0.6 is 0 Å². The Morgan fingerprint density at radius 2 is 1.56 bits per heavy atom. The Morgan fingerprint density at radius 1 is 0.912 bits per heavy atom.